The van der Waals surface area contributed by atoms with Crippen molar-refractivity contribution in [2.75, 3.05) is 32.7 Å². The van der Waals surface area contributed by atoms with E-state index in [1.165, 1.54) is 18.2 Å². The van der Waals surface area contributed by atoms with E-state index in [2.05, 4.69) is 10.2 Å². The van der Waals surface area contributed by atoms with Crippen molar-refractivity contribution in [3.63, 3.8) is 0 Å². The molecule has 0 aliphatic carbocycles. The van der Waals surface area contributed by atoms with Gasteiger partial charge in [-0.25, -0.2) is 0 Å². The Labute approximate surface area is 105 Å². The van der Waals surface area contributed by atoms with E-state index in [-0.39, 0.29) is 11.4 Å². The Bertz CT molecular complexity index is 431. The first-order chi connectivity index (χ1) is 8.66. The normalized spacial score (nSPS) is 16.7. The van der Waals surface area contributed by atoms with Gasteiger partial charge in [-0.1, -0.05) is 0 Å². The molecule has 0 saturated carbocycles. The third-order valence-corrected chi connectivity index (χ3v) is 3.18. The predicted molar refractivity (Wildman–Crippen MR) is 67.8 cm³/mol. The van der Waals surface area contributed by atoms with Gasteiger partial charge in [0.05, 0.1) is 4.92 Å². The zero-order valence-corrected chi connectivity index (χ0v) is 10.1. The van der Waals surface area contributed by atoms with Crippen molar-refractivity contribution in [1.29, 1.82) is 0 Å². The zero-order chi connectivity index (χ0) is 13.0. The fraction of sp³-hybridized carbons (Fsp3) is 0.500. The first kappa shape index (κ1) is 12.8. The number of benzene rings is 1. The Balaban J connectivity index is 1.99. The van der Waals surface area contributed by atoms with Crippen molar-refractivity contribution in [2.45, 2.75) is 6.42 Å². The van der Waals surface area contributed by atoms with Gasteiger partial charge in [-0.05, 0) is 12.5 Å². The molecular formula is C12H17N3O3. The van der Waals surface area contributed by atoms with Crippen LogP contribution in [-0.2, 0) is 6.42 Å². The first-order valence-corrected chi connectivity index (χ1v) is 6.06. The van der Waals surface area contributed by atoms with E-state index in [1.54, 1.807) is 0 Å². The van der Waals surface area contributed by atoms with E-state index in [1.807, 2.05) is 0 Å². The number of aromatic hydroxyl groups is 1. The lowest BCUT2D eigenvalue weighted by Gasteiger charge is -2.27. The minimum absolute atomic E-state index is 0.0307. The number of hydrogen-bond acceptors (Lipinski definition) is 5. The number of non-ortho nitro benzene ring substituents is 1. The molecular weight excluding hydrogens is 234 g/mol. The highest BCUT2D eigenvalue weighted by atomic mass is 16.6. The highest BCUT2D eigenvalue weighted by Gasteiger charge is 2.13. The van der Waals surface area contributed by atoms with Crippen LogP contribution in [0.3, 0.4) is 0 Å². The SMILES string of the molecule is O=[N+]([O-])c1ccc(O)c(CCN2CCNCC2)c1. The predicted octanol–water partition coefficient (Wildman–Crippen LogP) is 0.748. The van der Waals surface area contributed by atoms with Gasteiger partial charge in [0.25, 0.3) is 5.69 Å². The molecule has 1 aliphatic heterocycles. The van der Waals surface area contributed by atoms with Gasteiger partial charge in [-0.2, -0.15) is 0 Å². The van der Waals surface area contributed by atoms with Crippen LogP contribution in [0.5, 0.6) is 5.75 Å². The number of nitro groups is 1. The van der Waals surface area contributed by atoms with E-state index >= 15 is 0 Å². The molecule has 6 heteroatoms. The summed E-state index contributed by atoms with van der Waals surface area (Å²) in [7, 11) is 0. The van der Waals surface area contributed by atoms with Gasteiger partial charge < -0.3 is 15.3 Å². The van der Waals surface area contributed by atoms with Crippen molar-refractivity contribution < 1.29 is 10.0 Å². The number of phenolic OH excluding ortho intramolecular Hbond substituents is 1. The minimum atomic E-state index is -0.437. The maximum Gasteiger partial charge on any atom is 0.269 e. The summed E-state index contributed by atoms with van der Waals surface area (Å²) < 4.78 is 0. The van der Waals surface area contributed by atoms with Crippen molar-refractivity contribution in [2.24, 2.45) is 0 Å². The van der Waals surface area contributed by atoms with E-state index in [4.69, 9.17) is 0 Å². The molecule has 0 bridgehead atoms. The molecule has 0 atom stereocenters. The average molecular weight is 251 g/mol. The van der Waals surface area contributed by atoms with Crippen molar-refractivity contribution in [3.8, 4) is 5.75 Å². The lowest BCUT2D eigenvalue weighted by molar-refractivity contribution is -0.384. The minimum Gasteiger partial charge on any atom is -0.508 e. The van der Waals surface area contributed by atoms with Gasteiger partial charge in [0, 0.05) is 50.4 Å². The van der Waals surface area contributed by atoms with Gasteiger partial charge in [0.15, 0.2) is 0 Å². The lowest BCUT2D eigenvalue weighted by Crippen LogP contribution is -2.44. The number of rotatable bonds is 4. The first-order valence-electron chi connectivity index (χ1n) is 6.06. The number of piperazine rings is 1. The fourth-order valence-corrected chi connectivity index (χ4v) is 2.10. The molecule has 0 amide bonds. The number of nitro benzene ring substituents is 1. The summed E-state index contributed by atoms with van der Waals surface area (Å²) >= 11 is 0. The second-order valence-electron chi connectivity index (χ2n) is 4.41. The van der Waals surface area contributed by atoms with Gasteiger partial charge in [-0.3, -0.25) is 10.1 Å². The van der Waals surface area contributed by atoms with E-state index in [9.17, 15) is 15.2 Å². The zero-order valence-electron chi connectivity index (χ0n) is 10.1. The Morgan fingerprint density at radius 1 is 1.39 bits per heavy atom. The molecule has 0 unspecified atom stereocenters. The maximum atomic E-state index is 10.7. The maximum absolute atomic E-state index is 10.7. The Morgan fingerprint density at radius 2 is 2.11 bits per heavy atom. The lowest BCUT2D eigenvalue weighted by atomic mass is 10.1. The van der Waals surface area contributed by atoms with E-state index in [0.29, 0.717) is 12.0 Å². The molecule has 1 aromatic carbocycles. The topological polar surface area (TPSA) is 78.6 Å². The van der Waals surface area contributed by atoms with E-state index in [0.717, 1.165) is 32.7 Å². The highest BCUT2D eigenvalue weighted by Crippen LogP contribution is 2.23. The van der Waals surface area contributed by atoms with Crippen LogP contribution in [0.4, 0.5) is 5.69 Å². The molecule has 6 nitrogen and oxygen atoms in total. The molecule has 0 radical (unpaired) electrons. The molecule has 1 heterocycles. The van der Waals surface area contributed by atoms with Crippen LogP contribution in [0.15, 0.2) is 18.2 Å². The molecule has 1 aromatic rings. The van der Waals surface area contributed by atoms with Crippen LogP contribution in [-0.4, -0.2) is 47.7 Å². The molecule has 2 N–H and O–H groups in total. The van der Waals surface area contributed by atoms with Crippen LogP contribution in [0.25, 0.3) is 0 Å². The van der Waals surface area contributed by atoms with Crippen molar-refractivity contribution >= 4 is 5.69 Å². The molecule has 98 valence electrons. The van der Waals surface area contributed by atoms with Crippen LogP contribution < -0.4 is 5.32 Å². The molecule has 1 saturated heterocycles. The number of phenols is 1. The van der Waals surface area contributed by atoms with Crippen molar-refractivity contribution in [1.82, 2.24) is 10.2 Å². The van der Waals surface area contributed by atoms with Gasteiger partial charge >= 0.3 is 0 Å². The standard InChI is InChI=1S/C12H17N3O3/c16-12-2-1-11(15(17)18)9-10(12)3-6-14-7-4-13-5-8-14/h1-2,9,13,16H,3-8H2. The Morgan fingerprint density at radius 3 is 2.78 bits per heavy atom. The Hall–Kier alpha value is -1.66. The van der Waals surface area contributed by atoms with Crippen LogP contribution in [0, 0.1) is 10.1 Å². The van der Waals surface area contributed by atoms with E-state index < -0.39 is 4.92 Å². The largest absolute Gasteiger partial charge is 0.508 e. The quantitative estimate of drug-likeness (QED) is 0.610. The second-order valence-corrected chi connectivity index (χ2v) is 4.41. The third-order valence-electron chi connectivity index (χ3n) is 3.18. The summed E-state index contributed by atoms with van der Waals surface area (Å²) in [5.41, 5.74) is 0.672. The summed E-state index contributed by atoms with van der Waals surface area (Å²) in [5, 5.41) is 23.6. The van der Waals surface area contributed by atoms with Crippen LogP contribution in [0.1, 0.15) is 5.56 Å². The summed E-state index contributed by atoms with van der Waals surface area (Å²) in [6.07, 6.45) is 0.632. The van der Waals surface area contributed by atoms with Crippen LogP contribution >= 0.6 is 0 Å². The summed E-state index contributed by atoms with van der Waals surface area (Å²) in [6, 6.07) is 4.17. The van der Waals surface area contributed by atoms with Crippen LogP contribution in [0.2, 0.25) is 0 Å². The highest BCUT2D eigenvalue weighted by molar-refractivity contribution is 5.43. The van der Waals surface area contributed by atoms with Gasteiger partial charge in [-0.15, -0.1) is 0 Å². The fourth-order valence-electron chi connectivity index (χ4n) is 2.10. The molecule has 1 fully saturated rings. The Kier molecular flexibility index (Phi) is 4.11. The third kappa shape index (κ3) is 3.18. The average Bonchev–Trinajstić information content (AvgIpc) is 2.38. The molecule has 0 aromatic heterocycles. The molecule has 0 spiro atoms. The molecule has 2 rings (SSSR count). The molecule has 1 aliphatic rings. The monoisotopic (exact) mass is 251 g/mol. The van der Waals surface area contributed by atoms with Gasteiger partial charge in [0.1, 0.15) is 5.75 Å². The number of nitrogens with zero attached hydrogens (tertiary/aromatic N) is 2. The second kappa shape index (κ2) is 5.79. The summed E-state index contributed by atoms with van der Waals surface area (Å²) in [6.45, 7) is 4.73. The summed E-state index contributed by atoms with van der Waals surface area (Å²) in [5.74, 6) is 0.135. The van der Waals surface area contributed by atoms with Crippen molar-refractivity contribution in [3.05, 3.63) is 33.9 Å². The number of hydrogen-bond donors (Lipinski definition) is 2. The number of nitrogens with one attached hydrogen (secondary N) is 1. The summed E-state index contributed by atoms with van der Waals surface area (Å²) in [4.78, 5) is 12.5. The van der Waals surface area contributed by atoms with Gasteiger partial charge in [0.2, 0.25) is 0 Å². The molecule has 18 heavy (non-hydrogen) atoms. The smallest absolute Gasteiger partial charge is 0.269 e.